The van der Waals surface area contributed by atoms with E-state index in [1.807, 2.05) is 6.92 Å². The largest absolute Gasteiger partial charge is 0.476 e. The van der Waals surface area contributed by atoms with Crippen LogP contribution in [0, 0.1) is 0 Å². The predicted octanol–water partition coefficient (Wildman–Crippen LogP) is 1.78. The van der Waals surface area contributed by atoms with Crippen molar-refractivity contribution in [3.05, 3.63) is 30.3 Å². The second-order valence-electron chi connectivity index (χ2n) is 4.43. The lowest BCUT2D eigenvalue weighted by molar-refractivity contribution is -0.225. The summed E-state index contributed by atoms with van der Waals surface area (Å²) >= 11 is 0. The molecule has 2 unspecified atom stereocenters. The quantitative estimate of drug-likeness (QED) is 0.494. The number of aliphatic carboxylic acids is 1. The summed E-state index contributed by atoms with van der Waals surface area (Å²) in [6, 6.07) is 8.09. The molecule has 0 aromatic heterocycles. The standard InChI is InChI=1S/C14H20O5/c1-2-3-5-10-12(15)14(18,13(16)17)19-11-8-6-4-7-9-11/h4,6-9,12,15,18H,2-3,5,10H2,1H3,(H,16,17). The molecule has 0 spiro atoms. The topological polar surface area (TPSA) is 87.0 Å². The summed E-state index contributed by atoms with van der Waals surface area (Å²) in [5.41, 5.74) is 0. The summed E-state index contributed by atoms with van der Waals surface area (Å²) < 4.78 is 5.06. The van der Waals surface area contributed by atoms with Crippen molar-refractivity contribution in [1.82, 2.24) is 0 Å². The fraction of sp³-hybridized carbons (Fsp3) is 0.500. The van der Waals surface area contributed by atoms with Gasteiger partial charge < -0.3 is 20.1 Å². The number of benzene rings is 1. The third-order valence-corrected chi connectivity index (χ3v) is 2.86. The number of unbranched alkanes of at least 4 members (excludes halogenated alkanes) is 2. The normalized spacial score (nSPS) is 15.5. The Morgan fingerprint density at radius 1 is 1.32 bits per heavy atom. The van der Waals surface area contributed by atoms with Crippen LogP contribution in [0.2, 0.25) is 0 Å². The van der Waals surface area contributed by atoms with E-state index in [4.69, 9.17) is 9.84 Å². The van der Waals surface area contributed by atoms with Crippen molar-refractivity contribution in [2.24, 2.45) is 0 Å². The molecule has 1 aromatic carbocycles. The minimum atomic E-state index is -2.62. The lowest BCUT2D eigenvalue weighted by Crippen LogP contribution is -2.54. The Morgan fingerprint density at radius 3 is 2.47 bits per heavy atom. The van der Waals surface area contributed by atoms with Gasteiger partial charge in [0.2, 0.25) is 0 Å². The Morgan fingerprint density at radius 2 is 1.95 bits per heavy atom. The highest BCUT2D eigenvalue weighted by Gasteiger charge is 2.46. The smallest absolute Gasteiger partial charge is 0.380 e. The summed E-state index contributed by atoms with van der Waals surface area (Å²) in [5.74, 6) is -4.02. The van der Waals surface area contributed by atoms with E-state index in [0.29, 0.717) is 6.42 Å². The van der Waals surface area contributed by atoms with E-state index in [2.05, 4.69) is 0 Å². The van der Waals surface area contributed by atoms with Crippen LogP contribution in [0.4, 0.5) is 0 Å². The minimum Gasteiger partial charge on any atom is -0.476 e. The van der Waals surface area contributed by atoms with Crippen LogP contribution < -0.4 is 4.74 Å². The zero-order valence-corrected chi connectivity index (χ0v) is 11.0. The van der Waals surface area contributed by atoms with Gasteiger partial charge in [-0.25, -0.2) is 4.79 Å². The highest BCUT2D eigenvalue weighted by Crippen LogP contribution is 2.22. The van der Waals surface area contributed by atoms with Gasteiger partial charge in [0.15, 0.2) is 0 Å². The average molecular weight is 268 g/mol. The van der Waals surface area contributed by atoms with Gasteiger partial charge in [0, 0.05) is 0 Å². The van der Waals surface area contributed by atoms with E-state index in [1.54, 1.807) is 18.2 Å². The van der Waals surface area contributed by atoms with Crippen molar-refractivity contribution in [3.63, 3.8) is 0 Å². The molecular weight excluding hydrogens is 248 g/mol. The summed E-state index contributed by atoms with van der Waals surface area (Å²) in [4.78, 5) is 11.2. The lowest BCUT2D eigenvalue weighted by atomic mass is 10.0. The Kier molecular flexibility index (Phi) is 5.79. The van der Waals surface area contributed by atoms with Crippen LogP contribution in [0.3, 0.4) is 0 Å². The Bertz CT molecular complexity index is 392. The number of carboxylic acids is 1. The van der Waals surface area contributed by atoms with Gasteiger partial charge in [-0.2, -0.15) is 0 Å². The summed E-state index contributed by atoms with van der Waals surface area (Å²) in [6.45, 7) is 2.00. The van der Waals surface area contributed by atoms with Gasteiger partial charge >= 0.3 is 11.8 Å². The maximum absolute atomic E-state index is 11.2. The van der Waals surface area contributed by atoms with Gasteiger partial charge in [0.1, 0.15) is 11.9 Å². The van der Waals surface area contributed by atoms with Gasteiger partial charge in [0.25, 0.3) is 0 Å². The van der Waals surface area contributed by atoms with Crippen molar-refractivity contribution >= 4 is 5.97 Å². The van der Waals surface area contributed by atoms with E-state index < -0.39 is 17.9 Å². The van der Waals surface area contributed by atoms with Crippen LogP contribution in [-0.4, -0.2) is 33.2 Å². The molecule has 0 heterocycles. The average Bonchev–Trinajstić information content (AvgIpc) is 2.39. The van der Waals surface area contributed by atoms with Crippen LogP contribution in [-0.2, 0) is 4.79 Å². The molecule has 0 aliphatic rings. The zero-order valence-electron chi connectivity index (χ0n) is 11.0. The molecule has 5 heteroatoms. The van der Waals surface area contributed by atoms with E-state index in [9.17, 15) is 15.0 Å². The lowest BCUT2D eigenvalue weighted by Gasteiger charge is -2.29. The first kappa shape index (κ1) is 15.5. The number of hydrogen-bond donors (Lipinski definition) is 3. The molecule has 0 aliphatic carbocycles. The molecule has 0 bridgehead atoms. The maximum Gasteiger partial charge on any atom is 0.380 e. The molecule has 0 aliphatic heterocycles. The third-order valence-electron chi connectivity index (χ3n) is 2.86. The first-order chi connectivity index (χ1) is 9.00. The van der Waals surface area contributed by atoms with Crippen molar-refractivity contribution < 1.29 is 24.9 Å². The number of rotatable bonds is 8. The SMILES string of the molecule is CCCCCC(O)C(O)(Oc1ccccc1)C(=O)O. The van der Waals surface area contributed by atoms with E-state index in [-0.39, 0.29) is 12.2 Å². The molecule has 0 saturated heterocycles. The fourth-order valence-corrected chi connectivity index (χ4v) is 1.71. The molecule has 0 amide bonds. The van der Waals surface area contributed by atoms with Crippen LogP contribution in [0.15, 0.2) is 30.3 Å². The molecule has 2 atom stereocenters. The molecule has 3 N–H and O–H groups in total. The third kappa shape index (κ3) is 4.22. The Labute approximate surface area is 112 Å². The van der Waals surface area contributed by atoms with Crippen LogP contribution in [0.1, 0.15) is 32.6 Å². The first-order valence-corrected chi connectivity index (χ1v) is 6.38. The van der Waals surface area contributed by atoms with Crippen LogP contribution in [0.25, 0.3) is 0 Å². The van der Waals surface area contributed by atoms with Crippen molar-refractivity contribution in [2.75, 3.05) is 0 Å². The van der Waals surface area contributed by atoms with Gasteiger partial charge in [-0.05, 0) is 18.6 Å². The maximum atomic E-state index is 11.2. The highest BCUT2D eigenvalue weighted by atomic mass is 16.7. The first-order valence-electron chi connectivity index (χ1n) is 6.38. The highest BCUT2D eigenvalue weighted by molar-refractivity contribution is 5.76. The second-order valence-corrected chi connectivity index (χ2v) is 4.43. The molecule has 0 radical (unpaired) electrons. The number of carboxylic acid groups (broad SMARTS) is 1. The van der Waals surface area contributed by atoms with Crippen molar-refractivity contribution in [2.45, 2.75) is 44.5 Å². The van der Waals surface area contributed by atoms with E-state index >= 15 is 0 Å². The molecular formula is C14H20O5. The van der Waals surface area contributed by atoms with Gasteiger partial charge in [0.05, 0.1) is 0 Å². The Hall–Kier alpha value is -1.59. The summed E-state index contributed by atoms with van der Waals surface area (Å²) in [5, 5.41) is 29.0. The number of para-hydroxylation sites is 1. The molecule has 1 rings (SSSR count). The molecule has 106 valence electrons. The number of ether oxygens (including phenoxy) is 1. The van der Waals surface area contributed by atoms with E-state index in [0.717, 1.165) is 12.8 Å². The fourth-order valence-electron chi connectivity index (χ4n) is 1.71. The molecule has 5 nitrogen and oxygen atoms in total. The van der Waals surface area contributed by atoms with E-state index in [1.165, 1.54) is 12.1 Å². The summed E-state index contributed by atoms with van der Waals surface area (Å²) in [7, 11) is 0. The number of aliphatic hydroxyl groups is 2. The molecule has 0 saturated carbocycles. The van der Waals surface area contributed by atoms with Gasteiger partial charge in [-0.15, -0.1) is 0 Å². The van der Waals surface area contributed by atoms with Crippen LogP contribution >= 0.6 is 0 Å². The van der Waals surface area contributed by atoms with Crippen LogP contribution in [0.5, 0.6) is 5.75 Å². The van der Waals surface area contributed by atoms with Gasteiger partial charge in [-0.1, -0.05) is 44.4 Å². The molecule has 1 aromatic rings. The molecule has 0 fully saturated rings. The second kappa shape index (κ2) is 7.11. The number of aliphatic hydroxyl groups excluding tert-OH is 1. The number of hydrogen-bond acceptors (Lipinski definition) is 4. The van der Waals surface area contributed by atoms with Gasteiger partial charge in [-0.3, -0.25) is 0 Å². The minimum absolute atomic E-state index is 0.170. The number of carbonyl (C=O) groups is 1. The monoisotopic (exact) mass is 268 g/mol. The zero-order chi connectivity index (χ0) is 14.3. The van der Waals surface area contributed by atoms with Crippen molar-refractivity contribution in [1.29, 1.82) is 0 Å². The van der Waals surface area contributed by atoms with Crippen molar-refractivity contribution in [3.8, 4) is 5.75 Å². The Balaban J connectivity index is 2.76. The summed E-state index contributed by atoms with van der Waals surface area (Å²) in [6.07, 6.45) is 1.13. The predicted molar refractivity (Wildman–Crippen MR) is 69.8 cm³/mol. The molecule has 19 heavy (non-hydrogen) atoms.